The summed E-state index contributed by atoms with van der Waals surface area (Å²) >= 11 is 3.54. The molecule has 1 saturated heterocycles. The largest absolute Gasteiger partial charge is 0.298 e. The summed E-state index contributed by atoms with van der Waals surface area (Å²) in [5.74, 6) is 0. The third-order valence-corrected chi connectivity index (χ3v) is 4.97. The minimum absolute atomic E-state index is 0.188. The van der Waals surface area contributed by atoms with E-state index in [4.69, 9.17) is 0 Å². The van der Waals surface area contributed by atoms with Crippen LogP contribution in [0.15, 0.2) is 22.8 Å². The van der Waals surface area contributed by atoms with Gasteiger partial charge in [-0.1, -0.05) is 0 Å². The Hall–Kier alpha value is -0.920. The van der Waals surface area contributed by atoms with E-state index in [1.807, 2.05) is 12.1 Å². The van der Waals surface area contributed by atoms with Gasteiger partial charge in [0.15, 0.2) is 0 Å². The summed E-state index contributed by atoms with van der Waals surface area (Å²) in [6.45, 7) is 8.69. The lowest BCUT2D eigenvalue weighted by Gasteiger charge is -2.43. The van der Waals surface area contributed by atoms with Crippen molar-refractivity contribution in [3.8, 4) is 6.07 Å². The SMILES string of the molecule is CC(C)(C)N1CCC(C#N)(Cc2ncccc2Br)CC1. The fraction of sp³-hybridized carbons (Fsp3) is 0.625. The molecule has 0 unspecified atom stereocenters. The molecule has 0 saturated carbocycles. The van der Waals surface area contributed by atoms with Crippen LogP contribution in [0, 0.1) is 16.7 Å². The highest BCUT2D eigenvalue weighted by Gasteiger charge is 2.38. The van der Waals surface area contributed by atoms with Crippen molar-refractivity contribution in [1.29, 1.82) is 5.26 Å². The maximum absolute atomic E-state index is 9.67. The Morgan fingerprint density at radius 3 is 2.55 bits per heavy atom. The average molecular weight is 336 g/mol. The molecule has 1 aliphatic rings. The number of nitriles is 1. The van der Waals surface area contributed by atoms with Crippen LogP contribution in [0.5, 0.6) is 0 Å². The first kappa shape index (κ1) is 15.5. The monoisotopic (exact) mass is 335 g/mol. The molecule has 20 heavy (non-hydrogen) atoms. The van der Waals surface area contributed by atoms with Gasteiger partial charge in [0.25, 0.3) is 0 Å². The summed E-state index contributed by atoms with van der Waals surface area (Å²) < 4.78 is 1.01. The second kappa shape index (κ2) is 5.83. The lowest BCUT2D eigenvalue weighted by atomic mass is 9.75. The minimum atomic E-state index is -0.265. The molecule has 0 aromatic carbocycles. The number of hydrogen-bond acceptors (Lipinski definition) is 3. The Bertz CT molecular complexity index is 505. The van der Waals surface area contributed by atoms with Crippen molar-refractivity contribution < 1.29 is 0 Å². The zero-order valence-corrected chi connectivity index (χ0v) is 14.1. The highest BCUT2D eigenvalue weighted by molar-refractivity contribution is 9.10. The van der Waals surface area contributed by atoms with E-state index in [0.717, 1.165) is 42.5 Å². The molecule has 1 fully saturated rings. The molecule has 0 spiro atoms. The molecule has 0 atom stereocenters. The summed E-state index contributed by atoms with van der Waals surface area (Å²) in [4.78, 5) is 6.89. The molecule has 1 aromatic rings. The highest BCUT2D eigenvalue weighted by atomic mass is 79.9. The van der Waals surface area contributed by atoms with Crippen LogP contribution in [-0.4, -0.2) is 28.5 Å². The predicted molar refractivity (Wildman–Crippen MR) is 84.2 cm³/mol. The number of rotatable bonds is 2. The van der Waals surface area contributed by atoms with Crippen molar-refractivity contribution in [2.24, 2.45) is 5.41 Å². The minimum Gasteiger partial charge on any atom is -0.298 e. The smallest absolute Gasteiger partial charge is 0.0694 e. The lowest BCUT2D eigenvalue weighted by molar-refractivity contribution is 0.0656. The molecule has 1 aromatic heterocycles. The van der Waals surface area contributed by atoms with Crippen molar-refractivity contribution in [1.82, 2.24) is 9.88 Å². The van der Waals surface area contributed by atoms with Gasteiger partial charge in [0, 0.05) is 35.7 Å². The van der Waals surface area contributed by atoms with Gasteiger partial charge in [-0.05, 0) is 61.7 Å². The van der Waals surface area contributed by atoms with Crippen LogP contribution in [0.25, 0.3) is 0 Å². The highest BCUT2D eigenvalue weighted by Crippen LogP contribution is 2.37. The van der Waals surface area contributed by atoms with Gasteiger partial charge >= 0.3 is 0 Å². The quantitative estimate of drug-likeness (QED) is 0.825. The number of aromatic nitrogens is 1. The molecule has 0 aliphatic carbocycles. The number of pyridine rings is 1. The Balaban J connectivity index is 2.10. The molecule has 0 amide bonds. The van der Waals surface area contributed by atoms with Gasteiger partial charge in [0.05, 0.1) is 17.2 Å². The van der Waals surface area contributed by atoms with Crippen LogP contribution in [0.2, 0.25) is 0 Å². The Labute approximate surface area is 130 Å². The number of hydrogen-bond donors (Lipinski definition) is 0. The molecule has 0 N–H and O–H groups in total. The maximum atomic E-state index is 9.67. The summed E-state index contributed by atoms with van der Waals surface area (Å²) in [5.41, 5.74) is 0.921. The van der Waals surface area contributed by atoms with E-state index >= 15 is 0 Å². The van der Waals surface area contributed by atoms with Gasteiger partial charge in [-0.3, -0.25) is 9.88 Å². The van der Waals surface area contributed by atoms with Crippen molar-refractivity contribution in [2.75, 3.05) is 13.1 Å². The Morgan fingerprint density at radius 1 is 1.40 bits per heavy atom. The third-order valence-electron chi connectivity index (χ3n) is 4.25. The lowest BCUT2D eigenvalue weighted by Crippen LogP contribution is -2.49. The molecule has 108 valence electrons. The van der Waals surface area contributed by atoms with E-state index in [-0.39, 0.29) is 11.0 Å². The van der Waals surface area contributed by atoms with Gasteiger partial charge in [-0.15, -0.1) is 0 Å². The number of halogens is 1. The first-order valence-electron chi connectivity index (χ1n) is 7.12. The Morgan fingerprint density at radius 2 is 2.05 bits per heavy atom. The van der Waals surface area contributed by atoms with Gasteiger partial charge < -0.3 is 0 Å². The molecular formula is C16H22BrN3. The molecule has 3 nitrogen and oxygen atoms in total. The van der Waals surface area contributed by atoms with Crippen molar-refractivity contribution in [3.63, 3.8) is 0 Å². The second-order valence-corrected chi connectivity index (χ2v) is 7.51. The van der Waals surface area contributed by atoms with Gasteiger partial charge in [0.2, 0.25) is 0 Å². The maximum Gasteiger partial charge on any atom is 0.0694 e. The van der Waals surface area contributed by atoms with E-state index < -0.39 is 0 Å². The first-order chi connectivity index (χ1) is 9.36. The molecule has 4 heteroatoms. The standard InChI is InChI=1S/C16H22BrN3/c1-15(2,3)20-9-6-16(12-18,7-10-20)11-14-13(17)5-4-8-19-14/h4-5,8H,6-7,9-11H2,1-3H3. The van der Waals surface area contributed by atoms with Crippen LogP contribution in [0.4, 0.5) is 0 Å². The van der Waals surface area contributed by atoms with Gasteiger partial charge in [-0.2, -0.15) is 5.26 Å². The summed E-state index contributed by atoms with van der Waals surface area (Å²) in [5, 5.41) is 9.67. The summed E-state index contributed by atoms with van der Waals surface area (Å²) in [6, 6.07) is 6.49. The van der Waals surface area contributed by atoms with E-state index in [1.165, 1.54) is 0 Å². The zero-order valence-electron chi connectivity index (χ0n) is 12.5. The second-order valence-electron chi connectivity index (χ2n) is 6.66. The van der Waals surface area contributed by atoms with Crippen LogP contribution >= 0.6 is 15.9 Å². The molecule has 2 heterocycles. The molecular weight excluding hydrogens is 314 g/mol. The van der Waals surface area contributed by atoms with E-state index in [9.17, 15) is 5.26 Å². The zero-order chi connectivity index (χ0) is 14.8. The van der Waals surface area contributed by atoms with Crippen LogP contribution < -0.4 is 0 Å². The fourth-order valence-corrected chi connectivity index (χ4v) is 3.20. The van der Waals surface area contributed by atoms with Crippen LogP contribution in [0.1, 0.15) is 39.3 Å². The van der Waals surface area contributed by atoms with E-state index in [2.05, 4.69) is 52.7 Å². The van der Waals surface area contributed by atoms with E-state index in [1.54, 1.807) is 6.20 Å². The summed E-state index contributed by atoms with van der Waals surface area (Å²) in [7, 11) is 0. The molecule has 0 radical (unpaired) electrons. The van der Waals surface area contributed by atoms with Crippen molar-refractivity contribution in [3.05, 3.63) is 28.5 Å². The van der Waals surface area contributed by atoms with Crippen LogP contribution in [-0.2, 0) is 6.42 Å². The Kier molecular flexibility index (Phi) is 4.51. The van der Waals surface area contributed by atoms with Gasteiger partial charge in [0.1, 0.15) is 0 Å². The fourth-order valence-electron chi connectivity index (χ4n) is 2.80. The number of nitrogens with zero attached hydrogens (tertiary/aromatic N) is 3. The summed E-state index contributed by atoms with van der Waals surface area (Å²) in [6.07, 6.45) is 4.38. The average Bonchev–Trinajstić information content (AvgIpc) is 2.41. The predicted octanol–water partition coefficient (Wildman–Crippen LogP) is 3.79. The topological polar surface area (TPSA) is 39.9 Å². The normalized spacial score (nSPS) is 19.6. The van der Waals surface area contributed by atoms with Crippen molar-refractivity contribution in [2.45, 2.75) is 45.6 Å². The van der Waals surface area contributed by atoms with Crippen molar-refractivity contribution >= 4 is 15.9 Å². The molecule has 1 aliphatic heterocycles. The van der Waals surface area contributed by atoms with Gasteiger partial charge in [-0.25, -0.2) is 0 Å². The molecule has 2 rings (SSSR count). The molecule has 0 bridgehead atoms. The number of piperidine rings is 1. The first-order valence-corrected chi connectivity index (χ1v) is 7.91. The third kappa shape index (κ3) is 3.39. The van der Waals surface area contributed by atoms with E-state index in [0.29, 0.717) is 0 Å². The van der Waals surface area contributed by atoms with Crippen LogP contribution in [0.3, 0.4) is 0 Å². The number of likely N-dealkylation sites (tertiary alicyclic amines) is 1.